The largest absolute Gasteiger partial charge is 0.310 e. The third kappa shape index (κ3) is 3.70. The average molecular weight is 226 g/mol. The number of hydrogen-bond acceptors (Lipinski definition) is 3. The Morgan fingerprint density at radius 3 is 2.67 bits per heavy atom. The molecule has 0 unspecified atom stereocenters. The maximum Gasteiger partial charge on any atom is 0.251 e. The van der Waals surface area contributed by atoms with Crippen LogP contribution >= 0.6 is 11.8 Å². The average Bonchev–Trinajstić information content (AvgIpc) is 2.12. The molecule has 1 rings (SSSR count). The zero-order chi connectivity index (χ0) is 11.5. The SMILES string of the molecule is CCSCc1nc(C(C)(C)C)cc(=O)[nH]1. The third-order valence-corrected chi connectivity index (χ3v) is 2.89. The second-order valence-electron chi connectivity index (χ2n) is 4.46. The maximum atomic E-state index is 11.4. The molecule has 0 spiro atoms. The molecule has 0 aliphatic heterocycles. The fourth-order valence-corrected chi connectivity index (χ4v) is 1.69. The predicted octanol–water partition coefficient (Wildman–Crippen LogP) is 2.32. The summed E-state index contributed by atoms with van der Waals surface area (Å²) in [6.07, 6.45) is 0. The monoisotopic (exact) mass is 226 g/mol. The van der Waals surface area contributed by atoms with Crippen LogP contribution in [0.2, 0.25) is 0 Å². The van der Waals surface area contributed by atoms with Crippen molar-refractivity contribution in [2.75, 3.05) is 5.75 Å². The number of nitrogens with one attached hydrogen (secondary N) is 1. The van der Waals surface area contributed by atoms with E-state index in [9.17, 15) is 4.79 Å². The van der Waals surface area contributed by atoms with E-state index in [0.717, 1.165) is 23.0 Å². The van der Waals surface area contributed by atoms with Gasteiger partial charge in [0.1, 0.15) is 5.82 Å². The fourth-order valence-electron chi connectivity index (χ4n) is 1.16. The third-order valence-electron chi connectivity index (χ3n) is 2.00. The first-order valence-corrected chi connectivity index (χ1v) is 6.27. The molecule has 0 atom stereocenters. The van der Waals surface area contributed by atoms with Crippen molar-refractivity contribution in [1.82, 2.24) is 9.97 Å². The number of aromatic nitrogens is 2. The van der Waals surface area contributed by atoms with E-state index in [1.54, 1.807) is 17.8 Å². The highest BCUT2D eigenvalue weighted by molar-refractivity contribution is 7.98. The first kappa shape index (κ1) is 12.3. The summed E-state index contributed by atoms with van der Waals surface area (Å²) < 4.78 is 0. The van der Waals surface area contributed by atoms with Gasteiger partial charge >= 0.3 is 0 Å². The minimum Gasteiger partial charge on any atom is -0.310 e. The highest BCUT2D eigenvalue weighted by Gasteiger charge is 2.16. The molecule has 0 aliphatic rings. The van der Waals surface area contributed by atoms with Gasteiger partial charge < -0.3 is 4.98 Å². The van der Waals surface area contributed by atoms with E-state index in [-0.39, 0.29) is 11.0 Å². The molecule has 0 aliphatic carbocycles. The van der Waals surface area contributed by atoms with Gasteiger partial charge in [0, 0.05) is 11.5 Å². The van der Waals surface area contributed by atoms with Crippen molar-refractivity contribution in [3.8, 4) is 0 Å². The van der Waals surface area contributed by atoms with Crippen molar-refractivity contribution in [2.24, 2.45) is 0 Å². The van der Waals surface area contributed by atoms with Crippen molar-refractivity contribution in [3.05, 3.63) is 27.9 Å². The van der Waals surface area contributed by atoms with Crippen LogP contribution in [-0.2, 0) is 11.2 Å². The molecule has 0 bridgehead atoms. The van der Waals surface area contributed by atoms with Gasteiger partial charge in [-0.3, -0.25) is 4.79 Å². The highest BCUT2D eigenvalue weighted by Crippen LogP contribution is 2.18. The lowest BCUT2D eigenvalue weighted by Gasteiger charge is -2.17. The van der Waals surface area contributed by atoms with E-state index in [2.05, 4.69) is 37.7 Å². The molecular weight excluding hydrogens is 208 g/mol. The molecule has 1 N–H and O–H groups in total. The maximum absolute atomic E-state index is 11.4. The number of hydrogen-bond donors (Lipinski definition) is 1. The molecule has 84 valence electrons. The molecule has 4 heteroatoms. The smallest absolute Gasteiger partial charge is 0.251 e. The Balaban J connectivity index is 3.01. The van der Waals surface area contributed by atoms with E-state index >= 15 is 0 Å². The molecule has 1 heterocycles. The molecule has 1 aromatic heterocycles. The van der Waals surface area contributed by atoms with Gasteiger partial charge in [-0.1, -0.05) is 27.7 Å². The summed E-state index contributed by atoms with van der Waals surface area (Å²) in [4.78, 5) is 18.6. The van der Waals surface area contributed by atoms with E-state index in [0.29, 0.717) is 0 Å². The second-order valence-corrected chi connectivity index (χ2v) is 5.74. The standard InChI is InChI=1S/C11H18N2OS/c1-5-15-7-9-12-8(11(2,3)4)6-10(14)13-9/h6H,5,7H2,1-4H3,(H,12,13,14). The fraction of sp³-hybridized carbons (Fsp3) is 0.636. The normalized spacial score (nSPS) is 11.7. The molecule has 3 nitrogen and oxygen atoms in total. The minimum absolute atomic E-state index is 0.0540. The topological polar surface area (TPSA) is 45.8 Å². The van der Waals surface area contributed by atoms with Gasteiger partial charge in [-0.15, -0.1) is 0 Å². The zero-order valence-electron chi connectivity index (χ0n) is 9.76. The summed E-state index contributed by atoms with van der Waals surface area (Å²) in [5.41, 5.74) is 0.736. The minimum atomic E-state index is -0.0696. The van der Waals surface area contributed by atoms with E-state index in [1.807, 2.05) is 0 Å². The van der Waals surface area contributed by atoms with Crippen LogP contribution in [0, 0.1) is 0 Å². The number of thioether (sulfide) groups is 1. The van der Waals surface area contributed by atoms with Gasteiger partial charge in [0.2, 0.25) is 0 Å². The van der Waals surface area contributed by atoms with Gasteiger partial charge in [-0.05, 0) is 5.75 Å². The lowest BCUT2D eigenvalue weighted by Crippen LogP contribution is -2.20. The van der Waals surface area contributed by atoms with Gasteiger partial charge in [0.05, 0.1) is 11.4 Å². The van der Waals surface area contributed by atoms with Gasteiger partial charge in [-0.2, -0.15) is 11.8 Å². The quantitative estimate of drug-likeness (QED) is 0.860. The summed E-state index contributed by atoms with van der Waals surface area (Å²) in [6, 6.07) is 1.58. The summed E-state index contributed by atoms with van der Waals surface area (Å²) in [6.45, 7) is 8.28. The number of H-pyrrole nitrogens is 1. The number of rotatable bonds is 3. The molecular formula is C11H18N2OS. The van der Waals surface area contributed by atoms with Gasteiger partial charge in [0.25, 0.3) is 5.56 Å². The Hall–Kier alpha value is -0.770. The molecule has 0 fully saturated rings. The van der Waals surface area contributed by atoms with Crippen molar-refractivity contribution in [2.45, 2.75) is 38.9 Å². The molecule has 0 saturated heterocycles. The first-order chi connectivity index (χ1) is 6.93. The van der Waals surface area contributed by atoms with Crippen LogP contribution in [0.15, 0.2) is 10.9 Å². The van der Waals surface area contributed by atoms with Crippen molar-refractivity contribution >= 4 is 11.8 Å². The van der Waals surface area contributed by atoms with Crippen molar-refractivity contribution in [3.63, 3.8) is 0 Å². The Bertz CT molecular complexity index is 379. The molecule has 0 radical (unpaired) electrons. The Kier molecular flexibility index (Phi) is 3.97. The molecule has 1 aromatic rings. The van der Waals surface area contributed by atoms with Crippen LogP contribution in [0.3, 0.4) is 0 Å². The van der Waals surface area contributed by atoms with Crippen LogP contribution in [-0.4, -0.2) is 15.7 Å². The van der Waals surface area contributed by atoms with E-state index in [4.69, 9.17) is 0 Å². The van der Waals surface area contributed by atoms with Crippen molar-refractivity contribution in [1.29, 1.82) is 0 Å². The molecule has 15 heavy (non-hydrogen) atoms. The summed E-state index contributed by atoms with van der Waals surface area (Å²) in [5, 5.41) is 0. The molecule has 0 aromatic carbocycles. The predicted molar refractivity (Wildman–Crippen MR) is 65.4 cm³/mol. The van der Waals surface area contributed by atoms with Crippen LogP contribution in [0.25, 0.3) is 0 Å². The van der Waals surface area contributed by atoms with Crippen molar-refractivity contribution < 1.29 is 0 Å². The first-order valence-electron chi connectivity index (χ1n) is 5.12. The molecule has 0 saturated carbocycles. The van der Waals surface area contributed by atoms with E-state index < -0.39 is 0 Å². The Labute approximate surface area is 94.7 Å². The van der Waals surface area contributed by atoms with Gasteiger partial charge in [-0.25, -0.2) is 4.98 Å². The van der Waals surface area contributed by atoms with Crippen LogP contribution in [0.4, 0.5) is 0 Å². The number of aromatic amines is 1. The Morgan fingerprint density at radius 2 is 2.13 bits per heavy atom. The summed E-state index contributed by atoms with van der Waals surface area (Å²) >= 11 is 1.76. The molecule has 0 amide bonds. The zero-order valence-corrected chi connectivity index (χ0v) is 10.6. The van der Waals surface area contributed by atoms with E-state index in [1.165, 1.54) is 0 Å². The lowest BCUT2D eigenvalue weighted by atomic mass is 9.92. The second kappa shape index (κ2) is 4.84. The lowest BCUT2D eigenvalue weighted by molar-refractivity contribution is 0.562. The number of nitrogens with zero attached hydrogens (tertiary/aromatic N) is 1. The Morgan fingerprint density at radius 1 is 1.47 bits per heavy atom. The van der Waals surface area contributed by atoms with Crippen LogP contribution in [0.5, 0.6) is 0 Å². The van der Waals surface area contributed by atoms with Crippen LogP contribution in [0.1, 0.15) is 39.2 Å². The summed E-state index contributed by atoms with van der Waals surface area (Å²) in [5.74, 6) is 2.58. The summed E-state index contributed by atoms with van der Waals surface area (Å²) in [7, 11) is 0. The highest BCUT2D eigenvalue weighted by atomic mass is 32.2. The van der Waals surface area contributed by atoms with Gasteiger partial charge in [0.15, 0.2) is 0 Å². The van der Waals surface area contributed by atoms with Crippen LogP contribution < -0.4 is 5.56 Å².